The molecule has 0 radical (unpaired) electrons. The summed E-state index contributed by atoms with van der Waals surface area (Å²) in [6.07, 6.45) is 9.38. The second-order valence-electron chi connectivity index (χ2n) is 13.9. The maximum atomic E-state index is 14.4. The average Bonchev–Trinajstić information content (AvgIpc) is 3.31. The Labute approximate surface area is 213 Å². The smallest absolute Gasteiger partial charge is 0.306 e. The van der Waals surface area contributed by atoms with E-state index in [0.29, 0.717) is 12.5 Å². The number of ether oxygens (including phenoxy) is 2. The van der Waals surface area contributed by atoms with Crippen LogP contribution in [0.15, 0.2) is 23.4 Å². The maximum Gasteiger partial charge on any atom is 0.306 e. The first-order valence-electron chi connectivity index (χ1n) is 14.0. The third-order valence-corrected chi connectivity index (χ3v) is 11.9. The van der Waals surface area contributed by atoms with Crippen LogP contribution in [0.25, 0.3) is 0 Å². The van der Waals surface area contributed by atoms with Crippen molar-refractivity contribution in [3.63, 3.8) is 0 Å². The molecule has 4 aliphatic heterocycles. The molecule has 0 aromatic rings. The van der Waals surface area contributed by atoms with E-state index in [1.54, 1.807) is 6.08 Å². The van der Waals surface area contributed by atoms with Gasteiger partial charge in [0.15, 0.2) is 5.78 Å². The number of hydrogen-bond donors (Lipinski definition) is 0. The molecular weight excluding hydrogens is 454 g/mol. The summed E-state index contributed by atoms with van der Waals surface area (Å²) in [5.74, 6) is -0.275. The number of piperidine rings is 1. The Hall–Kier alpha value is -1.95. The summed E-state index contributed by atoms with van der Waals surface area (Å²) in [5.41, 5.74) is 0.583. The Bertz CT molecular complexity index is 1160. The zero-order valence-electron chi connectivity index (χ0n) is 22.3. The first-order valence-corrected chi connectivity index (χ1v) is 14.0. The fourth-order valence-corrected chi connectivity index (χ4v) is 10.4. The Morgan fingerprint density at radius 3 is 2.61 bits per heavy atom. The van der Waals surface area contributed by atoms with Gasteiger partial charge in [0.2, 0.25) is 0 Å². The molecule has 10 atom stereocenters. The summed E-state index contributed by atoms with van der Waals surface area (Å²) in [7, 11) is 0. The minimum atomic E-state index is -0.596. The first kappa shape index (κ1) is 23.2. The number of carbonyl (C=O) groups is 3. The lowest BCUT2D eigenvalue weighted by Crippen LogP contribution is -2.69. The van der Waals surface area contributed by atoms with Crippen molar-refractivity contribution in [2.75, 3.05) is 13.2 Å². The molecule has 0 aromatic carbocycles. The molecule has 6 nitrogen and oxygen atoms in total. The molecule has 0 N–H and O–H groups in total. The number of ketones is 2. The van der Waals surface area contributed by atoms with Crippen molar-refractivity contribution in [3.05, 3.63) is 23.4 Å². The van der Waals surface area contributed by atoms with E-state index in [9.17, 15) is 14.4 Å². The number of nitrogens with zero attached hydrogens (tertiary/aromatic N) is 1. The summed E-state index contributed by atoms with van der Waals surface area (Å²) in [4.78, 5) is 43.1. The molecule has 5 fully saturated rings. The van der Waals surface area contributed by atoms with Crippen LogP contribution in [0, 0.1) is 45.8 Å². The van der Waals surface area contributed by atoms with Gasteiger partial charge in [0.05, 0.1) is 19.1 Å². The molecule has 1 unspecified atom stereocenters. The van der Waals surface area contributed by atoms with Crippen molar-refractivity contribution >= 4 is 17.5 Å². The van der Waals surface area contributed by atoms with Gasteiger partial charge in [-0.25, -0.2) is 0 Å². The van der Waals surface area contributed by atoms with Gasteiger partial charge in [-0.3, -0.25) is 14.4 Å². The van der Waals surface area contributed by atoms with Crippen LogP contribution in [0.1, 0.15) is 73.1 Å². The molecule has 3 aliphatic carbocycles. The fraction of sp³-hybridized carbons (Fsp3) is 0.767. The maximum absolute atomic E-state index is 14.4. The lowest BCUT2D eigenvalue weighted by atomic mass is 9.37. The normalized spacial score (nSPS) is 53.2. The minimum absolute atomic E-state index is 0.0389. The van der Waals surface area contributed by atoms with E-state index >= 15 is 0 Å². The Morgan fingerprint density at radius 1 is 1.11 bits per heavy atom. The van der Waals surface area contributed by atoms with E-state index in [0.717, 1.165) is 44.2 Å². The van der Waals surface area contributed by atoms with Crippen molar-refractivity contribution in [3.8, 4) is 0 Å². The first-order chi connectivity index (χ1) is 16.9. The summed E-state index contributed by atoms with van der Waals surface area (Å²) in [6.45, 7) is 12.0. The highest BCUT2D eigenvalue weighted by atomic mass is 16.5. The monoisotopic (exact) mass is 493 g/mol. The summed E-state index contributed by atoms with van der Waals surface area (Å²) < 4.78 is 12.5. The lowest BCUT2D eigenvalue weighted by Gasteiger charge is -2.67. The van der Waals surface area contributed by atoms with Gasteiger partial charge in [-0.15, -0.1) is 0 Å². The zero-order chi connectivity index (χ0) is 25.4. The van der Waals surface area contributed by atoms with Crippen LogP contribution in [0.3, 0.4) is 0 Å². The van der Waals surface area contributed by atoms with E-state index in [2.05, 4.69) is 31.7 Å². The highest BCUT2D eigenvalue weighted by molar-refractivity contribution is 6.00. The lowest BCUT2D eigenvalue weighted by molar-refractivity contribution is -0.200. The predicted octanol–water partition coefficient (Wildman–Crippen LogP) is 4.44. The van der Waals surface area contributed by atoms with Gasteiger partial charge in [0, 0.05) is 46.2 Å². The largest absolute Gasteiger partial charge is 0.465 e. The number of rotatable bonds is 0. The molecule has 2 bridgehead atoms. The Balaban J connectivity index is 1.47. The molecule has 7 rings (SSSR count). The molecule has 0 amide bonds. The van der Waals surface area contributed by atoms with Gasteiger partial charge in [0.25, 0.3) is 0 Å². The van der Waals surface area contributed by atoms with Gasteiger partial charge in [0.1, 0.15) is 11.5 Å². The van der Waals surface area contributed by atoms with Gasteiger partial charge in [-0.2, -0.15) is 0 Å². The molecule has 1 saturated carbocycles. The molecular formula is C30H39NO5. The van der Waals surface area contributed by atoms with E-state index in [-0.39, 0.29) is 64.9 Å². The molecule has 2 spiro atoms. The molecule has 6 heteroatoms. The third-order valence-electron chi connectivity index (χ3n) is 11.9. The molecule has 0 aromatic heterocycles. The average molecular weight is 494 g/mol. The summed E-state index contributed by atoms with van der Waals surface area (Å²) in [5, 5.41) is 0. The van der Waals surface area contributed by atoms with Crippen LogP contribution in [0.5, 0.6) is 0 Å². The Morgan fingerprint density at radius 2 is 1.89 bits per heavy atom. The number of allylic oxidation sites excluding steroid dienone is 4. The van der Waals surface area contributed by atoms with Crippen LogP contribution in [0.2, 0.25) is 0 Å². The zero-order valence-corrected chi connectivity index (χ0v) is 22.3. The highest BCUT2D eigenvalue weighted by Gasteiger charge is 2.74. The van der Waals surface area contributed by atoms with Crippen LogP contribution in [-0.2, 0) is 23.9 Å². The van der Waals surface area contributed by atoms with Crippen LogP contribution < -0.4 is 0 Å². The highest BCUT2D eigenvalue weighted by Crippen LogP contribution is 2.73. The second kappa shape index (κ2) is 6.92. The predicted molar refractivity (Wildman–Crippen MR) is 132 cm³/mol. The van der Waals surface area contributed by atoms with Crippen LogP contribution >= 0.6 is 0 Å². The van der Waals surface area contributed by atoms with Gasteiger partial charge in [-0.1, -0.05) is 39.3 Å². The fourth-order valence-electron chi connectivity index (χ4n) is 10.4. The molecule has 36 heavy (non-hydrogen) atoms. The van der Waals surface area contributed by atoms with Gasteiger partial charge < -0.3 is 14.4 Å². The number of esters is 1. The number of carbonyl (C=O) groups excluding carboxylic acids is 3. The summed E-state index contributed by atoms with van der Waals surface area (Å²) in [6, 6.07) is 0. The van der Waals surface area contributed by atoms with Crippen LogP contribution in [0.4, 0.5) is 0 Å². The van der Waals surface area contributed by atoms with Crippen molar-refractivity contribution in [2.45, 2.75) is 85.0 Å². The molecule has 7 aliphatic rings. The van der Waals surface area contributed by atoms with Gasteiger partial charge in [-0.05, 0) is 56.9 Å². The molecule has 4 saturated heterocycles. The SMILES string of the molecule is CC1=CC(=O)[C@@H]2[C@@H](C1)[C@]1(C)C=C3N4C[C@H]5C[C@H](C)CC4(CC[C@@]3(C)[C@]3(COC(=O)C3)[C@H]1C(=O)[C@@H]2C)O5. The van der Waals surface area contributed by atoms with E-state index in [1.165, 1.54) is 5.70 Å². The molecule has 194 valence electrons. The van der Waals surface area contributed by atoms with E-state index < -0.39 is 10.8 Å². The Kier molecular flexibility index (Phi) is 4.46. The van der Waals surface area contributed by atoms with Crippen molar-refractivity contribution in [1.82, 2.24) is 4.90 Å². The van der Waals surface area contributed by atoms with Crippen LogP contribution in [-0.4, -0.2) is 47.4 Å². The number of hydrogen-bond acceptors (Lipinski definition) is 6. The van der Waals surface area contributed by atoms with Crippen molar-refractivity contribution < 1.29 is 23.9 Å². The standard InChI is InChI=1S/C30H39NO5/c1-16-9-20-24(21(32)10-16)18(3)25(34)26-27(20,4)12-22-28(5,29(26)13-23(33)35-15-29)6-7-30-11-17(2)8-19(36-30)14-31(22)30/h10,12,17-20,24,26H,6-9,11,13-15H2,1-5H3/t17-,18+,19+,20+,24-,26-,27-,28+,29+,30?/m0/s1. The molecule has 4 heterocycles. The quantitative estimate of drug-likeness (QED) is 0.465. The number of Topliss-reactive ketones (excluding diaryl/α,β-unsaturated/α-hetero) is 1. The van der Waals surface area contributed by atoms with E-state index in [1.807, 2.05) is 13.8 Å². The minimum Gasteiger partial charge on any atom is -0.465 e. The second-order valence-corrected chi connectivity index (χ2v) is 13.9. The summed E-state index contributed by atoms with van der Waals surface area (Å²) >= 11 is 0. The van der Waals surface area contributed by atoms with E-state index in [4.69, 9.17) is 9.47 Å². The number of cyclic esters (lactones) is 1. The van der Waals surface area contributed by atoms with Crippen molar-refractivity contribution in [2.24, 2.45) is 45.8 Å². The van der Waals surface area contributed by atoms with Gasteiger partial charge >= 0.3 is 5.97 Å². The third kappa shape index (κ3) is 2.55. The number of fused-ring (bicyclic) bond motifs is 8. The van der Waals surface area contributed by atoms with Crippen molar-refractivity contribution in [1.29, 1.82) is 0 Å². The topological polar surface area (TPSA) is 72.9 Å².